The van der Waals surface area contributed by atoms with Gasteiger partial charge in [-0.05, 0) is 18.2 Å². The minimum atomic E-state index is -1.05. The molecule has 5 nitrogen and oxygen atoms in total. The Balaban J connectivity index is 2.28. The molecule has 0 amide bonds. The summed E-state index contributed by atoms with van der Waals surface area (Å²) in [6, 6.07) is 8.48. The van der Waals surface area contributed by atoms with Crippen LogP contribution in [0.15, 0.2) is 36.5 Å². The molecule has 0 atom stereocenters. The van der Waals surface area contributed by atoms with Crippen LogP contribution in [0.25, 0.3) is 0 Å². The predicted octanol–water partition coefficient (Wildman–Crippen LogP) is 2.57. The highest BCUT2D eigenvalue weighted by molar-refractivity contribution is 6.33. The molecule has 0 bridgehead atoms. The second-order valence-corrected chi connectivity index (χ2v) is 3.65. The quantitative estimate of drug-likeness (QED) is 0.874. The number of carbonyl (C=O) groups is 1. The lowest BCUT2D eigenvalue weighted by molar-refractivity contribution is 0.0696. The third kappa shape index (κ3) is 2.70. The summed E-state index contributed by atoms with van der Waals surface area (Å²) in [5.74, 6) is -0.722. The van der Waals surface area contributed by atoms with E-state index in [4.69, 9.17) is 16.7 Å². The SMILES string of the molecule is O=C(O)c1cnnc(Nc2ccccc2Cl)c1. The molecular formula is C11H8ClN3O2. The van der Waals surface area contributed by atoms with E-state index >= 15 is 0 Å². The highest BCUT2D eigenvalue weighted by atomic mass is 35.5. The fraction of sp³-hybridized carbons (Fsp3) is 0. The van der Waals surface area contributed by atoms with E-state index in [1.165, 1.54) is 12.3 Å². The molecule has 2 rings (SSSR count). The van der Waals surface area contributed by atoms with Gasteiger partial charge in [-0.15, -0.1) is 5.10 Å². The van der Waals surface area contributed by atoms with Crippen LogP contribution in [0.4, 0.5) is 11.5 Å². The molecule has 2 N–H and O–H groups in total. The molecule has 0 aliphatic rings. The zero-order chi connectivity index (χ0) is 12.3. The van der Waals surface area contributed by atoms with Crippen molar-refractivity contribution in [3.05, 3.63) is 47.1 Å². The number of aromatic nitrogens is 2. The van der Waals surface area contributed by atoms with Crippen LogP contribution in [0.3, 0.4) is 0 Å². The number of halogens is 1. The van der Waals surface area contributed by atoms with Gasteiger partial charge in [-0.3, -0.25) is 0 Å². The second kappa shape index (κ2) is 4.80. The van der Waals surface area contributed by atoms with Gasteiger partial charge in [0.05, 0.1) is 22.5 Å². The van der Waals surface area contributed by atoms with Crippen LogP contribution >= 0.6 is 11.6 Å². The van der Waals surface area contributed by atoms with Gasteiger partial charge < -0.3 is 10.4 Å². The van der Waals surface area contributed by atoms with Crippen LogP contribution in [-0.4, -0.2) is 21.3 Å². The molecule has 1 heterocycles. The Morgan fingerprint density at radius 1 is 1.35 bits per heavy atom. The molecule has 86 valence electrons. The molecule has 17 heavy (non-hydrogen) atoms. The Morgan fingerprint density at radius 3 is 2.82 bits per heavy atom. The van der Waals surface area contributed by atoms with Gasteiger partial charge >= 0.3 is 5.97 Å². The van der Waals surface area contributed by atoms with Gasteiger partial charge in [-0.2, -0.15) is 5.10 Å². The molecule has 0 aliphatic carbocycles. The molecule has 0 saturated heterocycles. The number of benzene rings is 1. The number of carboxylic acids is 1. The Labute approximate surface area is 102 Å². The first-order chi connectivity index (χ1) is 8.16. The van der Waals surface area contributed by atoms with Crippen LogP contribution in [0.2, 0.25) is 5.02 Å². The van der Waals surface area contributed by atoms with E-state index in [1.54, 1.807) is 18.2 Å². The molecule has 0 aliphatic heterocycles. The zero-order valence-electron chi connectivity index (χ0n) is 8.59. The summed E-state index contributed by atoms with van der Waals surface area (Å²) in [4.78, 5) is 10.8. The minimum absolute atomic E-state index is 0.0644. The van der Waals surface area contributed by atoms with Gasteiger partial charge in [0, 0.05) is 0 Å². The summed E-state index contributed by atoms with van der Waals surface area (Å²) < 4.78 is 0. The molecular weight excluding hydrogens is 242 g/mol. The summed E-state index contributed by atoms with van der Waals surface area (Å²) >= 11 is 5.95. The van der Waals surface area contributed by atoms with Crippen molar-refractivity contribution in [3.63, 3.8) is 0 Å². The van der Waals surface area contributed by atoms with Gasteiger partial charge in [0.2, 0.25) is 0 Å². The highest BCUT2D eigenvalue weighted by Gasteiger charge is 2.06. The van der Waals surface area contributed by atoms with Crippen LogP contribution in [0.5, 0.6) is 0 Å². The molecule has 0 saturated carbocycles. The zero-order valence-corrected chi connectivity index (χ0v) is 9.35. The van der Waals surface area contributed by atoms with Gasteiger partial charge in [0.25, 0.3) is 0 Å². The molecule has 1 aromatic carbocycles. The topological polar surface area (TPSA) is 75.1 Å². The van der Waals surface area contributed by atoms with Gasteiger partial charge in [-0.25, -0.2) is 4.79 Å². The summed E-state index contributed by atoms with van der Waals surface area (Å²) in [5.41, 5.74) is 0.709. The van der Waals surface area contributed by atoms with E-state index in [0.717, 1.165) is 0 Å². The molecule has 2 aromatic rings. The number of rotatable bonds is 3. The van der Waals surface area contributed by atoms with Crippen LogP contribution < -0.4 is 5.32 Å². The number of para-hydroxylation sites is 1. The molecule has 0 radical (unpaired) electrons. The Hall–Kier alpha value is -2.14. The van der Waals surface area contributed by atoms with Crippen molar-refractivity contribution in [3.8, 4) is 0 Å². The number of nitrogens with one attached hydrogen (secondary N) is 1. The lowest BCUT2D eigenvalue weighted by atomic mass is 10.3. The number of hydrogen-bond donors (Lipinski definition) is 2. The van der Waals surface area contributed by atoms with Gasteiger partial charge in [0.1, 0.15) is 0 Å². The van der Waals surface area contributed by atoms with Crippen molar-refractivity contribution in [2.45, 2.75) is 0 Å². The average Bonchev–Trinajstić information content (AvgIpc) is 2.32. The lowest BCUT2D eigenvalue weighted by Gasteiger charge is -2.06. The van der Waals surface area contributed by atoms with E-state index in [-0.39, 0.29) is 5.56 Å². The van der Waals surface area contributed by atoms with E-state index in [9.17, 15) is 4.79 Å². The monoisotopic (exact) mass is 249 g/mol. The fourth-order valence-electron chi connectivity index (χ4n) is 1.25. The van der Waals surface area contributed by atoms with Crippen LogP contribution in [0, 0.1) is 0 Å². The van der Waals surface area contributed by atoms with Crippen molar-refractivity contribution < 1.29 is 9.90 Å². The third-order valence-electron chi connectivity index (χ3n) is 2.04. The molecule has 0 fully saturated rings. The summed E-state index contributed by atoms with van der Waals surface area (Å²) in [5, 5.41) is 19.6. The summed E-state index contributed by atoms with van der Waals surface area (Å²) in [6.45, 7) is 0. The summed E-state index contributed by atoms with van der Waals surface area (Å²) in [6.07, 6.45) is 1.18. The van der Waals surface area contributed by atoms with E-state index in [0.29, 0.717) is 16.5 Å². The molecule has 0 spiro atoms. The molecule has 6 heteroatoms. The molecule has 1 aromatic heterocycles. The third-order valence-corrected chi connectivity index (χ3v) is 2.37. The maximum absolute atomic E-state index is 10.8. The maximum Gasteiger partial charge on any atom is 0.337 e. The van der Waals surface area contributed by atoms with Crippen LogP contribution in [-0.2, 0) is 0 Å². The van der Waals surface area contributed by atoms with E-state index in [1.807, 2.05) is 6.07 Å². The number of hydrogen-bond acceptors (Lipinski definition) is 4. The minimum Gasteiger partial charge on any atom is -0.478 e. The molecule has 0 unspecified atom stereocenters. The first-order valence-corrected chi connectivity index (χ1v) is 5.12. The first-order valence-electron chi connectivity index (χ1n) is 4.74. The fourth-order valence-corrected chi connectivity index (χ4v) is 1.43. The van der Waals surface area contributed by atoms with E-state index < -0.39 is 5.97 Å². The van der Waals surface area contributed by atoms with Gasteiger partial charge in [0.15, 0.2) is 5.82 Å². The Morgan fingerprint density at radius 2 is 2.12 bits per heavy atom. The average molecular weight is 250 g/mol. The number of aromatic carboxylic acids is 1. The van der Waals surface area contributed by atoms with Crippen molar-refractivity contribution >= 4 is 29.1 Å². The number of nitrogens with zero attached hydrogens (tertiary/aromatic N) is 2. The van der Waals surface area contributed by atoms with Crippen molar-refractivity contribution in [1.29, 1.82) is 0 Å². The number of carboxylic acid groups (broad SMARTS) is 1. The Bertz CT molecular complexity index is 560. The second-order valence-electron chi connectivity index (χ2n) is 3.24. The smallest absolute Gasteiger partial charge is 0.337 e. The maximum atomic E-state index is 10.8. The first kappa shape index (κ1) is 11.3. The van der Waals surface area contributed by atoms with Crippen molar-refractivity contribution in [1.82, 2.24) is 10.2 Å². The van der Waals surface area contributed by atoms with E-state index in [2.05, 4.69) is 15.5 Å². The van der Waals surface area contributed by atoms with Crippen molar-refractivity contribution in [2.24, 2.45) is 0 Å². The van der Waals surface area contributed by atoms with Crippen molar-refractivity contribution in [2.75, 3.05) is 5.32 Å². The predicted molar refractivity (Wildman–Crippen MR) is 63.7 cm³/mol. The standard InChI is InChI=1S/C11H8ClN3O2/c12-8-3-1-2-4-9(8)14-10-5-7(11(16)17)6-13-15-10/h1-6H,(H,14,15)(H,16,17). The normalized spacial score (nSPS) is 9.94. The summed E-state index contributed by atoms with van der Waals surface area (Å²) in [7, 11) is 0. The Kier molecular flexibility index (Phi) is 3.20. The number of anilines is 2. The highest BCUT2D eigenvalue weighted by Crippen LogP contribution is 2.23. The van der Waals surface area contributed by atoms with Crippen LogP contribution in [0.1, 0.15) is 10.4 Å². The van der Waals surface area contributed by atoms with Gasteiger partial charge in [-0.1, -0.05) is 23.7 Å². The lowest BCUT2D eigenvalue weighted by Crippen LogP contribution is -2.02. The largest absolute Gasteiger partial charge is 0.478 e.